The van der Waals surface area contributed by atoms with Gasteiger partial charge in [-0.05, 0) is 31.1 Å². The molecule has 0 bridgehead atoms. The van der Waals surface area contributed by atoms with Crippen LogP contribution < -0.4 is 0 Å². The van der Waals surface area contributed by atoms with Gasteiger partial charge in [0.1, 0.15) is 5.78 Å². The Morgan fingerprint density at radius 3 is 2.74 bits per heavy atom. The van der Waals surface area contributed by atoms with Crippen molar-refractivity contribution in [1.82, 2.24) is 0 Å². The molecular weight excluding hydrogens is 240 g/mol. The lowest BCUT2D eigenvalue weighted by molar-refractivity contribution is -0.118. The Balaban J connectivity index is 1.74. The lowest BCUT2D eigenvalue weighted by Crippen LogP contribution is -2.17. The molecule has 0 unspecified atom stereocenters. The molecule has 2 aliphatic carbocycles. The van der Waals surface area contributed by atoms with Gasteiger partial charge in [-0.1, -0.05) is 18.8 Å². The van der Waals surface area contributed by atoms with Crippen LogP contribution in [-0.4, -0.2) is 28.7 Å². The fourth-order valence-electron chi connectivity index (χ4n) is 3.45. The van der Waals surface area contributed by atoms with Crippen LogP contribution >= 0.6 is 0 Å². The number of hydrogen-bond acceptors (Lipinski definition) is 3. The zero-order valence-electron chi connectivity index (χ0n) is 11.5. The number of Topliss-reactive ketones (excluding diaryl/α,β-unsaturated/α-hetero) is 1. The highest BCUT2D eigenvalue weighted by molar-refractivity contribution is 5.81. The fourth-order valence-corrected chi connectivity index (χ4v) is 3.45. The van der Waals surface area contributed by atoms with E-state index in [9.17, 15) is 9.90 Å². The fraction of sp³-hybridized carbons (Fsp3) is 0.812. The minimum Gasteiger partial charge on any atom is -0.396 e. The highest BCUT2D eigenvalue weighted by atomic mass is 16.3. The summed E-state index contributed by atoms with van der Waals surface area (Å²) in [5, 5.41) is 18.7. The summed E-state index contributed by atoms with van der Waals surface area (Å²) in [7, 11) is 0. The van der Waals surface area contributed by atoms with Crippen molar-refractivity contribution in [2.45, 2.75) is 57.5 Å². The quantitative estimate of drug-likeness (QED) is 0.589. The summed E-state index contributed by atoms with van der Waals surface area (Å²) in [6.07, 6.45) is 6.66. The average molecular weight is 264 g/mol. The van der Waals surface area contributed by atoms with Gasteiger partial charge in [0.25, 0.3) is 0 Å². The van der Waals surface area contributed by atoms with Gasteiger partial charge in [0.05, 0.1) is 6.10 Å². The van der Waals surface area contributed by atoms with Crippen LogP contribution in [0.2, 0.25) is 0 Å². The minimum atomic E-state index is -0.329. The third-order valence-corrected chi connectivity index (χ3v) is 4.46. The highest BCUT2D eigenvalue weighted by Gasteiger charge is 2.46. The molecule has 0 aromatic heterocycles. The molecule has 2 rings (SSSR count). The van der Waals surface area contributed by atoms with Gasteiger partial charge >= 0.3 is 0 Å². The molecule has 2 saturated carbocycles. The molecule has 4 atom stereocenters. The Labute approximate surface area is 115 Å². The summed E-state index contributed by atoms with van der Waals surface area (Å²) in [5.41, 5.74) is 0. The van der Waals surface area contributed by atoms with E-state index in [-0.39, 0.29) is 18.6 Å². The van der Waals surface area contributed by atoms with Crippen LogP contribution in [0.3, 0.4) is 0 Å². The maximum absolute atomic E-state index is 11.4. The van der Waals surface area contributed by atoms with Gasteiger partial charge in [0, 0.05) is 31.8 Å². The van der Waals surface area contributed by atoms with Crippen molar-refractivity contribution in [3.05, 3.63) is 0 Å². The molecule has 0 spiro atoms. The van der Waals surface area contributed by atoms with Crippen molar-refractivity contribution in [2.75, 3.05) is 6.61 Å². The van der Waals surface area contributed by atoms with Crippen molar-refractivity contribution >= 4 is 5.78 Å². The highest BCUT2D eigenvalue weighted by Crippen LogP contribution is 2.45. The second-order valence-electron chi connectivity index (χ2n) is 5.91. The Hall–Kier alpha value is -0.850. The number of carbonyl (C=O) groups excluding carboxylic acids is 1. The number of unbranched alkanes of at least 4 members (excludes halogenated alkanes) is 4. The van der Waals surface area contributed by atoms with Crippen LogP contribution in [0.15, 0.2) is 0 Å². The summed E-state index contributed by atoms with van der Waals surface area (Å²) in [6.45, 7) is 0.275. The van der Waals surface area contributed by atoms with E-state index < -0.39 is 0 Å². The second kappa shape index (κ2) is 7.07. The first-order valence-corrected chi connectivity index (χ1v) is 7.51. The van der Waals surface area contributed by atoms with Crippen LogP contribution in [0, 0.1) is 29.6 Å². The molecule has 0 radical (unpaired) electrons. The van der Waals surface area contributed by atoms with Gasteiger partial charge in [0.2, 0.25) is 0 Å². The molecule has 0 heterocycles. The van der Waals surface area contributed by atoms with Crippen molar-refractivity contribution < 1.29 is 15.0 Å². The molecule has 106 valence electrons. The largest absolute Gasteiger partial charge is 0.396 e. The summed E-state index contributed by atoms with van der Waals surface area (Å²) in [6, 6.07) is 0. The lowest BCUT2D eigenvalue weighted by atomic mass is 9.91. The summed E-state index contributed by atoms with van der Waals surface area (Å²) in [5.74, 6) is 7.45. The maximum Gasteiger partial charge on any atom is 0.133 e. The van der Waals surface area contributed by atoms with Crippen LogP contribution in [0.25, 0.3) is 0 Å². The number of carbonyl (C=O) groups is 1. The third-order valence-electron chi connectivity index (χ3n) is 4.46. The Morgan fingerprint density at radius 2 is 1.95 bits per heavy atom. The molecule has 2 fully saturated rings. The van der Waals surface area contributed by atoms with E-state index in [0.29, 0.717) is 30.5 Å². The lowest BCUT2D eigenvalue weighted by Gasteiger charge is -2.13. The normalized spacial score (nSPS) is 33.1. The number of fused-ring (bicyclic) bond motifs is 1. The predicted molar refractivity (Wildman–Crippen MR) is 73.3 cm³/mol. The molecular formula is C16H24O3. The van der Waals surface area contributed by atoms with E-state index in [1.54, 1.807) is 0 Å². The number of rotatable bonds is 5. The molecule has 19 heavy (non-hydrogen) atoms. The number of aliphatic hydroxyl groups is 2. The van der Waals surface area contributed by atoms with Crippen molar-refractivity contribution in [2.24, 2.45) is 17.8 Å². The third kappa shape index (κ3) is 3.81. The van der Waals surface area contributed by atoms with E-state index in [0.717, 1.165) is 38.5 Å². The van der Waals surface area contributed by atoms with Crippen LogP contribution in [0.5, 0.6) is 0 Å². The van der Waals surface area contributed by atoms with Crippen molar-refractivity contribution in [3.63, 3.8) is 0 Å². The number of hydrogen-bond donors (Lipinski definition) is 2. The van der Waals surface area contributed by atoms with Gasteiger partial charge in [0.15, 0.2) is 0 Å². The maximum atomic E-state index is 11.4. The molecule has 0 aromatic rings. The van der Waals surface area contributed by atoms with Crippen LogP contribution in [0.1, 0.15) is 51.4 Å². The molecule has 2 aliphatic rings. The Morgan fingerprint density at radius 1 is 1.16 bits per heavy atom. The number of ketones is 1. The summed E-state index contributed by atoms with van der Waals surface area (Å²) in [4.78, 5) is 11.4. The van der Waals surface area contributed by atoms with Crippen LogP contribution in [-0.2, 0) is 4.79 Å². The monoisotopic (exact) mass is 264 g/mol. The second-order valence-corrected chi connectivity index (χ2v) is 5.91. The van der Waals surface area contributed by atoms with E-state index >= 15 is 0 Å². The molecule has 0 aliphatic heterocycles. The molecule has 0 aromatic carbocycles. The van der Waals surface area contributed by atoms with Gasteiger partial charge in [-0.15, -0.1) is 5.92 Å². The number of aliphatic hydroxyl groups excluding tert-OH is 2. The van der Waals surface area contributed by atoms with Crippen LogP contribution in [0.4, 0.5) is 0 Å². The van der Waals surface area contributed by atoms with Crippen molar-refractivity contribution in [3.8, 4) is 11.8 Å². The first kappa shape index (κ1) is 14.6. The predicted octanol–water partition coefficient (Wildman–Crippen LogP) is 1.91. The van der Waals surface area contributed by atoms with E-state index in [1.165, 1.54) is 0 Å². The molecule has 0 saturated heterocycles. The Kier molecular flexibility index (Phi) is 5.42. The van der Waals surface area contributed by atoms with E-state index in [1.807, 2.05) is 0 Å². The van der Waals surface area contributed by atoms with E-state index in [2.05, 4.69) is 11.8 Å². The van der Waals surface area contributed by atoms with Crippen molar-refractivity contribution in [1.29, 1.82) is 0 Å². The molecule has 3 nitrogen and oxygen atoms in total. The van der Waals surface area contributed by atoms with Gasteiger partial charge in [-0.25, -0.2) is 0 Å². The van der Waals surface area contributed by atoms with E-state index in [4.69, 9.17) is 5.11 Å². The first-order chi connectivity index (χ1) is 9.22. The Bertz CT molecular complexity index is 366. The molecule has 2 N–H and O–H groups in total. The molecule has 0 amide bonds. The zero-order valence-corrected chi connectivity index (χ0v) is 11.5. The topological polar surface area (TPSA) is 57.5 Å². The van der Waals surface area contributed by atoms with Gasteiger partial charge < -0.3 is 10.2 Å². The summed E-state index contributed by atoms with van der Waals surface area (Å²) < 4.78 is 0. The first-order valence-electron chi connectivity index (χ1n) is 7.51. The SMILES string of the molecule is O=C1C[C@H]2C[C@@H](O)[C@H](C#CCCCCCCO)[C@H]2C1. The smallest absolute Gasteiger partial charge is 0.133 e. The standard InChI is InChI=1S/C16H24O3/c17-8-6-4-2-1-3-5-7-14-15-11-13(18)9-12(15)10-16(14)19/h12,14-17,19H,1-4,6,8-11H2/t12-,14+,15-,16+/m0/s1. The van der Waals surface area contributed by atoms with Gasteiger partial charge in [-0.2, -0.15) is 0 Å². The van der Waals surface area contributed by atoms with Gasteiger partial charge in [-0.3, -0.25) is 4.79 Å². The molecule has 3 heteroatoms. The zero-order chi connectivity index (χ0) is 13.7. The minimum absolute atomic E-state index is 0.0221. The summed E-state index contributed by atoms with van der Waals surface area (Å²) >= 11 is 0. The average Bonchev–Trinajstić information content (AvgIpc) is 2.85.